The number of hydrogen-bond donors (Lipinski definition) is 0. The summed E-state index contributed by atoms with van der Waals surface area (Å²) >= 11 is 2.41. The third-order valence-electron chi connectivity index (χ3n) is 0.648. The first kappa shape index (κ1) is 6.41. The molecule has 0 radical (unpaired) electrons. The molecule has 0 atom stereocenters. The molecule has 4 heteroatoms. The van der Waals surface area contributed by atoms with E-state index in [2.05, 4.69) is 0 Å². The first-order chi connectivity index (χ1) is 3.72. The predicted octanol–water partition coefficient (Wildman–Crippen LogP) is 2.63. The van der Waals surface area contributed by atoms with Gasteiger partial charge in [-0.05, 0) is 22.6 Å². The Morgan fingerprint density at radius 1 is 1.50 bits per heavy atom. The molecule has 8 heavy (non-hydrogen) atoms. The topological polar surface area (TPSA) is 0 Å². The molecule has 0 nitrogen and oxygen atoms in total. The zero-order valence-electron chi connectivity index (χ0n) is 3.62. The molecule has 0 aliphatic carbocycles. The average molecular weight is 246 g/mol. The van der Waals surface area contributed by atoms with Gasteiger partial charge in [0.1, 0.15) is 5.82 Å². The van der Waals surface area contributed by atoms with Gasteiger partial charge in [0.05, 0.1) is 3.57 Å². The molecule has 0 unspecified atom stereocenters. The molecule has 0 saturated heterocycles. The van der Waals surface area contributed by atoms with Crippen LogP contribution >= 0.6 is 33.9 Å². The van der Waals surface area contributed by atoms with E-state index in [4.69, 9.17) is 0 Å². The minimum Gasteiger partial charge on any atom is -0.205 e. The van der Waals surface area contributed by atoms with Crippen molar-refractivity contribution < 1.29 is 8.78 Å². The van der Waals surface area contributed by atoms with Crippen LogP contribution in [-0.4, -0.2) is 0 Å². The van der Waals surface area contributed by atoms with Crippen molar-refractivity contribution in [2.45, 2.75) is 0 Å². The SMILES string of the molecule is Fc1csc(F)c1I. The third-order valence-corrected chi connectivity index (χ3v) is 2.74. The van der Waals surface area contributed by atoms with Crippen molar-refractivity contribution in [3.05, 3.63) is 19.9 Å². The van der Waals surface area contributed by atoms with Crippen LogP contribution in [0.3, 0.4) is 0 Å². The summed E-state index contributed by atoms with van der Waals surface area (Å²) in [6.45, 7) is 0. The van der Waals surface area contributed by atoms with Gasteiger partial charge in [0.25, 0.3) is 0 Å². The molecule has 0 amide bonds. The minimum atomic E-state index is -0.465. The molecule has 0 saturated carbocycles. The fraction of sp³-hybridized carbons (Fsp3) is 0. The van der Waals surface area contributed by atoms with Crippen molar-refractivity contribution in [1.29, 1.82) is 0 Å². The molecule has 0 N–H and O–H groups in total. The Kier molecular flexibility index (Phi) is 1.81. The van der Waals surface area contributed by atoms with E-state index in [1.807, 2.05) is 0 Å². The minimum absolute atomic E-state index is 0.0904. The van der Waals surface area contributed by atoms with Crippen molar-refractivity contribution in [1.82, 2.24) is 0 Å². The average Bonchev–Trinajstić information content (AvgIpc) is 1.98. The van der Waals surface area contributed by atoms with Crippen LogP contribution in [0.1, 0.15) is 0 Å². The number of halogens is 3. The zero-order chi connectivity index (χ0) is 6.15. The highest BCUT2D eigenvalue weighted by molar-refractivity contribution is 14.1. The van der Waals surface area contributed by atoms with E-state index in [-0.39, 0.29) is 3.57 Å². The maximum Gasteiger partial charge on any atom is 0.192 e. The van der Waals surface area contributed by atoms with Crippen LogP contribution in [0.4, 0.5) is 8.78 Å². The fourth-order valence-electron chi connectivity index (χ4n) is 0.301. The first-order valence-corrected chi connectivity index (χ1v) is 3.75. The molecule has 0 aliphatic heterocycles. The molecule has 1 aromatic heterocycles. The van der Waals surface area contributed by atoms with E-state index < -0.39 is 10.9 Å². The van der Waals surface area contributed by atoms with Gasteiger partial charge in [0.15, 0.2) is 5.13 Å². The summed E-state index contributed by atoms with van der Waals surface area (Å²) in [7, 11) is 0. The normalized spacial score (nSPS) is 9.88. The molecule has 0 fully saturated rings. The lowest BCUT2D eigenvalue weighted by Crippen LogP contribution is -1.71. The molecule has 0 bridgehead atoms. The second-order valence-electron chi connectivity index (χ2n) is 1.17. The van der Waals surface area contributed by atoms with Crippen LogP contribution in [0.15, 0.2) is 5.38 Å². The molecule has 0 spiro atoms. The monoisotopic (exact) mass is 246 g/mol. The van der Waals surface area contributed by atoms with E-state index in [1.54, 1.807) is 22.6 Å². The van der Waals surface area contributed by atoms with Gasteiger partial charge in [-0.15, -0.1) is 11.3 Å². The molecule has 1 rings (SSSR count). The van der Waals surface area contributed by atoms with Gasteiger partial charge < -0.3 is 0 Å². The lowest BCUT2D eigenvalue weighted by atomic mass is 10.6. The summed E-state index contributed by atoms with van der Waals surface area (Å²) in [5.74, 6) is -0.465. The van der Waals surface area contributed by atoms with Crippen LogP contribution in [0.2, 0.25) is 0 Å². The Labute approximate surface area is 62.7 Å². The molecular weight excluding hydrogens is 245 g/mol. The Bertz CT molecular complexity index is 176. The second-order valence-corrected chi connectivity index (χ2v) is 3.08. The maximum absolute atomic E-state index is 12.1. The predicted molar refractivity (Wildman–Crippen MR) is 37.0 cm³/mol. The molecule has 1 aromatic rings. The van der Waals surface area contributed by atoms with Crippen molar-refractivity contribution in [2.24, 2.45) is 0 Å². The Morgan fingerprint density at radius 2 is 2.12 bits per heavy atom. The van der Waals surface area contributed by atoms with Gasteiger partial charge in [-0.2, -0.15) is 4.39 Å². The summed E-state index contributed by atoms with van der Waals surface area (Å²) in [6.07, 6.45) is 0. The fourth-order valence-corrected chi connectivity index (χ4v) is 1.57. The highest BCUT2D eigenvalue weighted by Crippen LogP contribution is 2.20. The zero-order valence-corrected chi connectivity index (χ0v) is 6.59. The van der Waals surface area contributed by atoms with Crippen LogP contribution < -0.4 is 0 Å². The van der Waals surface area contributed by atoms with Crippen LogP contribution in [0, 0.1) is 14.5 Å². The van der Waals surface area contributed by atoms with E-state index in [0.29, 0.717) is 0 Å². The summed E-state index contributed by atoms with van der Waals surface area (Å²) in [6, 6.07) is 0. The van der Waals surface area contributed by atoms with E-state index in [0.717, 1.165) is 16.7 Å². The largest absolute Gasteiger partial charge is 0.205 e. The second kappa shape index (κ2) is 2.26. The Morgan fingerprint density at radius 3 is 2.25 bits per heavy atom. The summed E-state index contributed by atoms with van der Waals surface area (Å²) in [5.41, 5.74) is 0. The number of thiophene rings is 1. The Hall–Kier alpha value is 0.290. The van der Waals surface area contributed by atoms with Gasteiger partial charge in [-0.1, -0.05) is 0 Å². The van der Waals surface area contributed by atoms with Gasteiger partial charge in [-0.25, -0.2) is 4.39 Å². The lowest BCUT2D eigenvalue weighted by Gasteiger charge is -1.77. The quantitative estimate of drug-likeness (QED) is 0.617. The van der Waals surface area contributed by atoms with Crippen LogP contribution in [0.25, 0.3) is 0 Å². The highest BCUT2D eigenvalue weighted by Gasteiger charge is 2.05. The highest BCUT2D eigenvalue weighted by atomic mass is 127. The number of hydrogen-bond acceptors (Lipinski definition) is 1. The molecule has 44 valence electrons. The smallest absolute Gasteiger partial charge is 0.192 e. The van der Waals surface area contributed by atoms with E-state index in [1.165, 1.54) is 0 Å². The third kappa shape index (κ3) is 0.997. The maximum atomic E-state index is 12.1. The van der Waals surface area contributed by atoms with Crippen LogP contribution in [-0.2, 0) is 0 Å². The van der Waals surface area contributed by atoms with E-state index in [9.17, 15) is 8.78 Å². The van der Waals surface area contributed by atoms with Gasteiger partial charge in [-0.3, -0.25) is 0 Å². The van der Waals surface area contributed by atoms with E-state index >= 15 is 0 Å². The summed E-state index contributed by atoms with van der Waals surface area (Å²) in [5, 5.41) is 0.708. The van der Waals surface area contributed by atoms with Crippen LogP contribution in [0.5, 0.6) is 0 Å². The van der Waals surface area contributed by atoms with Crippen molar-refractivity contribution in [3.8, 4) is 0 Å². The van der Waals surface area contributed by atoms with Crippen molar-refractivity contribution in [3.63, 3.8) is 0 Å². The number of rotatable bonds is 0. The molecule has 0 aromatic carbocycles. The summed E-state index contributed by atoms with van der Waals surface area (Å²) in [4.78, 5) is 0. The molecule has 1 heterocycles. The van der Waals surface area contributed by atoms with Crippen molar-refractivity contribution in [2.75, 3.05) is 0 Å². The lowest BCUT2D eigenvalue weighted by molar-refractivity contribution is 0.597. The van der Waals surface area contributed by atoms with Gasteiger partial charge in [0, 0.05) is 5.38 Å². The van der Waals surface area contributed by atoms with Gasteiger partial charge in [0.2, 0.25) is 0 Å². The first-order valence-electron chi connectivity index (χ1n) is 1.80. The van der Waals surface area contributed by atoms with Crippen molar-refractivity contribution >= 4 is 33.9 Å². The molecule has 0 aliphatic rings. The van der Waals surface area contributed by atoms with Gasteiger partial charge >= 0.3 is 0 Å². The standard InChI is InChI=1S/C4HF2IS/c5-2-1-8-4(6)3(2)7/h1H. The summed E-state index contributed by atoms with van der Waals surface area (Å²) < 4.78 is 24.3. The molecular formula is C4HF2IS. The Balaban J connectivity index is 3.19.